The second kappa shape index (κ2) is 17.4. The van der Waals surface area contributed by atoms with Gasteiger partial charge < -0.3 is 10.6 Å². The van der Waals surface area contributed by atoms with E-state index in [2.05, 4.69) is 63.5 Å². The van der Waals surface area contributed by atoms with E-state index in [1.54, 1.807) is 0 Å². The summed E-state index contributed by atoms with van der Waals surface area (Å²) in [4.78, 5) is 0. The van der Waals surface area contributed by atoms with Crippen LogP contribution in [0.2, 0.25) is 0 Å². The lowest BCUT2D eigenvalue weighted by Crippen LogP contribution is -2.24. The molecular weight excluding hydrogens is 268 g/mol. The van der Waals surface area contributed by atoms with Crippen LogP contribution < -0.4 is 10.6 Å². The molecule has 0 aromatic carbocycles. The Morgan fingerprint density at radius 1 is 1.23 bits per heavy atom. The Kier molecular flexibility index (Phi) is 18.0. The van der Waals surface area contributed by atoms with Gasteiger partial charge in [-0.15, -0.1) is 12.3 Å². The topological polar surface area (TPSA) is 24.1 Å². The molecule has 2 nitrogen and oxygen atoms in total. The van der Waals surface area contributed by atoms with E-state index in [4.69, 9.17) is 6.42 Å². The Bertz CT molecular complexity index is 347. The van der Waals surface area contributed by atoms with Gasteiger partial charge >= 0.3 is 0 Å². The zero-order chi connectivity index (χ0) is 17.2. The second-order valence-electron chi connectivity index (χ2n) is 5.55. The molecular formula is C20H36N2. The molecule has 0 aromatic rings. The fourth-order valence-electron chi connectivity index (χ4n) is 1.63. The van der Waals surface area contributed by atoms with E-state index in [0.717, 1.165) is 30.8 Å². The molecule has 0 spiro atoms. The van der Waals surface area contributed by atoms with Crippen molar-refractivity contribution in [2.45, 2.75) is 59.8 Å². The molecule has 0 heterocycles. The molecule has 0 aliphatic heterocycles. The van der Waals surface area contributed by atoms with Crippen LogP contribution in [0, 0.1) is 18.3 Å². The molecule has 0 rings (SSSR count). The summed E-state index contributed by atoms with van der Waals surface area (Å²) in [6.45, 7) is 18.2. The van der Waals surface area contributed by atoms with Gasteiger partial charge in [0.25, 0.3) is 0 Å². The summed E-state index contributed by atoms with van der Waals surface area (Å²) in [7, 11) is 0. The van der Waals surface area contributed by atoms with Crippen molar-refractivity contribution in [2.24, 2.45) is 5.92 Å². The minimum Gasteiger partial charge on any atom is -0.387 e. The van der Waals surface area contributed by atoms with Crippen LogP contribution in [0.3, 0.4) is 0 Å². The monoisotopic (exact) mass is 304 g/mol. The van der Waals surface area contributed by atoms with Crippen LogP contribution in [-0.2, 0) is 0 Å². The highest BCUT2D eigenvalue weighted by atomic mass is 15.0. The van der Waals surface area contributed by atoms with Crippen molar-refractivity contribution < 1.29 is 0 Å². The number of terminal acetylenes is 1. The van der Waals surface area contributed by atoms with Crippen LogP contribution in [0.15, 0.2) is 36.7 Å². The summed E-state index contributed by atoms with van der Waals surface area (Å²) >= 11 is 0. The first-order valence-corrected chi connectivity index (χ1v) is 8.47. The lowest BCUT2D eigenvalue weighted by atomic mass is 10.1. The predicted molar refractivity (Wildman–Crippen MR) is 102 cm³/mol. The molecule has 0 fully saturated rings. The van der Waals surface area contributed by atoms with Crippen LogP contribution in [-0.4, -0.2) is 13.1 Å². The molecule has 126 valence electrons. The number of allylic oxidation sites excluding steroid dienone is 2. The molecule has 0 bridgehead atoms. The van der Waals surface area contributed by atoms with E-state index < -0.39 is 0 Å². The van der Waals surface area contributed by atoms with Gasteiger partial charge in [-0.3, -0.25) is 0 Å². The van der Waals surface area contributed by atoms with Crippen molar-refractivity contribution in [3.05, 3.63) is 36.7 Å². The fourth-order valence-corrected chi connectivity index (χ4v) is 1.63. The van der Waals surface area contributed by atoms with E-state index >= 15 is 0 Å². The van der Waals surface area contributed by atoms with Gasteiger partial charge in [0.15, 0.2) is 0 Å². The average Bonchev–Trinajstić information content (AvgIpc) is 2.48. The molecule has 0 aliphatic carbocycles. The lowest BCUT2D eigenvalue weighted by Gasteiger charge is -2.11. The molecule has 1 unspecified atom stereocenters. The maximum Gasteiger partial charge on any atom is 0.0541 e. The van der Waals surface area contributed by atoms with Crippen molar-refractivity contribution in [1.29, 1.82) is 0 Å². The van der Waals surface area contributed by atoms with Crippen LogP contribution in [0.4, 0.5) is 0 Å². The quantitative estimate of drug-likeness (QED) is 0.318. The number of rotatable bonds is 11. The van der Waals surface area contributed by atoms with Gasteiger partial charge in [-0.05, 0) is 24.8 Å². The maximum atomic E-state index is 5.19. The molecule has 0 aromatic heterocycles. The number of nitrogens with one attached hydrogen (secondary N) is 2. The van der Waals surface area contributed by atoms with E-state index in [1.807, 2.05) is 6.08 Å². The van der Waals surface area contributed by atoms with Gasteiger partial charge in [0.05, 0.1) is 6.54 Å². The van der Waals surface area contributed by atoms with Gasteiger partial charge in [-0.25, -0.2) is 0 Å². The highest BCUT2D eigenvalue weighted by molar-refractivity contribution is 5.14. The largest absolute Gasteiger partial charge is 0.387 e. The van der Waals surface area contributed by atoms with Gasteiger partial charge in [-0.1, -0.05) is 59.8 Å². The van der Waals surface area contributed by atoms with Crippen LogP contribution in [0.1, 0.15) is 59.8 Å². The maximum absolute atomic E-state index is 5.19. The minimum atomic E-state index is 0.605. The predicted octanol–water partition coefficient (Wildman–Crippen LogP) is 5.02. The summed E-state index contributed by atoms with van der Waals surface area (Å²) < 4.78 is 0. The first-order valence-electron chi connectivity index (χ1n) is 8.47. The molecule has 2 N–H and O–H groups in total. The number of hydrogen-bond acceptors (Lipinski definition) is 2. The van der Waals surface area contributed by atoms with Crippen LogP contribution in [0.25, 0.3) is 0 Å². The summed E-state index contributed by atoms with van der Waals surface area (Å²) in [5.74, 6) is 3.23. The normalized spacial score (nSPS) is 11.0. The third kappa shape index (κ3) is 18.4. The molecule has 0 aliphatic rings. The first kappa shape index (κ1) is 22.7. The Balaban J connectivity index is 0. The zero-order valence-corrected chi connectivity index (χ0v) is 15.2. The Morgan fingerprint density at radius 3 is 2.41 bits per heavy atom. The highest BCUT2D eigenvalue weighted by Gasteiger charge is 1.96. The van der Waals surface area contributed by atoms with E-state index in [0.29, 0.717) is 12.5 Å². The summed E-state index contributed by atoms with van der Waals surface area (Å²) in [6.07, 6.45) is 14.9. The smallest absolute Gasteiger partial charge is 0.0541 e. The third-order valence-electron chi connectivity index (χ3n) is 2.77. The highest BCUT2D eigenvalue weighted by Crippen LogP contribution is 2.07. The van der Waals surface area contributed by atoms with E-state index in [9.17, 15) is 0 Å². The zero-order valence-electron chi connectivity index (χ0n) is 15.2. The number of hydrogen-bond donors (Lipinski definition) is 2. The van der Waals surface area contributed by atoms with Gasteiger partial charge in [0.1, 0.15) is 0 Å². The van der Waals surface area contributed by atoms with Gasteiger partial charge in [0.2, 0.25) is 0 Å². The standard InChI is InChI=1S/C17H28N2.C3H8/c1-6-8-9-13-18-17(5)14-19-16(4)12-11-15(3)10-7-2;1-3-2/h1,11-12,15,18-19H,4-5,7-10,13-14H2,2-3H3;3H2,1-2H3/b12-11+;. The molecule has 2 heteroatoms. The number of unbranched alkanes of at least 4 members (excludes halogenated alkanes) is 1. The van der Waals surface area contributed by atoms with Crippen molar-refractivity contribution >= 4 is 0 Å². The fraction of sp³-hybridized carbons (Fsp3) is 0.600. The van der Waals surface area contributed by atoms with Crippen molar-refractivity contribution in [1.82, 2.24) is 10.6 Å². The summed E-state index contributed by atoms with van der Waals surface area (Å²) in [6, 6.07) is 0. The van der Waals surface area contributed by atoms with E-state index in [-0.39, 0.29) is 0 Å². The molecule has 0 saturated carbocycles. The Labute approximate surface area is 139 Å². The molecule has 1 atom stereocenters. The average molecular weight is 305 g/mol. The van der Waals surface area contributed by atoms with E-state index in [1.165, 1.54) is 19.3 Å². The summed E-state index contributed by atoms with van der Waals surface area (Å²) in [5, 5.41) is 6.48. The Hall–Kier alpha value is -1.62. The van der Waals surface area contributed by atoms with Gasteiger partial charge in [0, 0.05) is 24.4 Å². The van der Waals surface area contributed by atoms with Crippen LogP contribution in [0.5, 0.6) is 0 Å². The molecule has 0 radical (unpaired) electrons. The minimum absolute atomic E-state index is 0.605. The van der Waals surface area contributed by atoms with Crippen LogP contribution >= 0.6 is 0 Å². The Morgan fingerprint density at radius 2 is 1.86 bits per heavy atom. The first-order chi connectivity index (χ1) is 10.5. The molecule has 0 saturated heterocycles. The van der Waals surface area contributed by atoms with Crippen molar-refractivity contribution in [2.75, 3.05) is 13.1 Å². The summed E-state index contributed by atoms with van der Waals surface area (Å²) in [5.41, 5.74) is 1.89. The second-order valence-corrected chi connectivity index (χ2v) is 5.55. The molecule has 22 heavy (non-hydrogen) atoms. The third-order valence-corrected chi connectivity index (χ3v) is 2.77. The van der Waals surface area contributed by atoms with Crippen molar-refractivity contribution in [3.8, 4) is 12.3 Å². The SMILES string of the molecule is C#CCCCNC(=C)CNC(=C)/C=C/C(C)CCC.CCC. The van der Waals surface area contributed by atoms with Gasteiger partial charge in [-0.2, -0.15) is 0 Å². The lowest BCUT2D eigenvalue weighted by molar-refractivity contribution is 0.633. The molecule has 0 amide bonds. The van der Waals surface area contributed by atoms with Crippen molar-refractivity contribution in [3.63, 3.8) is 0 Å².